The fraction of sp³-hybridized carbons (Fsp3) is 0.364. The zero-order valence-electron chi connectivity index (χ0n) is 8.34. The Morgan fingerprint density at radius 3 is 3.14 bits per heavy atom. The number of pyridine rings is 1. The molecule has 1 aromatic heterocycles. The molecule has 3 heteroatoms. The van der Waals surface area contributed by atoms with E-state index in [0.29, 0.717) is 5.88 Å². The van der Waals surface area contributed by atoms with Gasteiger partial charge in [-0.1, -0.05) is 6.58 Å². The van der Waals surface area contributed by atoms with Crippen LogP contribution in [0.1, 0.15) is 11.3 Å². The number of hydrogen-bond acceptors (Lipinski definition) is 3. The number of nitrogens with zero attached hydrogens (tertiary/aromatic N) is 1. The van der Waals surface area contributed by atoms with E-state index in [2.05, 4.69) is 16.9 Å². The molecule has 1 aliphatic heterocycles. The number of rotatable bonds is 1. The van der Waals surface area contributed by atoms with Crippen LogP contribution < -0.4 is 10.1 Å². The molecule has 0 spiro atoms. The van der Waals surface area contributed by atoms with Crippen LogP contribution in [0.25, 0.3) is 5.57 Å². The third-order valence-electron chi connectivity index (χ3n) is 2.42. The Labute approximate surface area is 83.8 Å². The third kappa shape index (κ3) is 1.63. The molecule has 0 aliphatic carbocycles. The average Bonchev–Trinajstić information content (AvgIpc) is 2.40. The Balaban J connectivity index is 2.43. The van der Waals surface area contributed by atoms with E-state index < -0.39 is 0 Å². The highest BCUT2D eigenvalue weighted by Crippen LogP contribution is 2.21. The zero-order chi connectivity index (χ0) is 9.97. The van der Waals surface area contributed by atoms with Gasteiger partial charge >= 0.3 is 0 Å². The first-order chi connectivity index (χ1) is 6.81. The molecule has 0 amide bonds. The van der Waals surface area contributed by atoms with Gasteiger partial charge in [0.05, 0.1) is 12.8 Å². The minimum atomic E-state index is 0.679. The Bertz CT molecular complexity index is 360. The summed E-state index contributed by atoms with van der Waals surface area (Å²) in [7, 11) is 1.64. The van der Waals surface area contributed by atoms with Crippen molar-refractivity contribution in [2.45, 2.75) is 6.42 Å². The Kier molecular flexibility index (Phi) is 2.50. The summed E-state index contributed by atoms with van der Waals surface area (Å²) in [4.78, 5) is 4.42. The van der Waals surface area contributed by atoms with E-state index in [1.54, 1.807) is 7.11 Å². The number of hydrogen-bond donors (Lipinski definition) is 1. The summed E-state index contributed by atoms with van der Waals surface area (Å²) < 4.78 is 5.10. The van der Waals surface area contributed by atoms with Gasteiger partial charge in [0.25, 0.3) is 0 Å². The minimum Gasteiger partial charge on any atom is -0.481 e. The highest BCUT2D eigenvalue weighted by molar-refractivity contribution is 5.67. The van der Waals surface area contributed by atoms with Crippen molar-refractivity contribution in [3.63, 3.8) is 0 Å². The van der Waals surface area contributed by atoms with Gasteiger partial charge in [0.1, 0.15) is 0 Å². The summed E-state index contributed by atoms with van der Waals surface area (Å²) in [5.74, 6) is 0.679. The molecular weight excluding hydrogens is 176 g/mol. The van der Waals surface area contributed by atoms with Crippen LogP contribution in [-0.2, 0) is 6.42 Å². The lowest BCUT2D eigenvalue weighted by molar-refractivity contribution is 0.396. The van der Waals surface area contributed by atoms with Gasteiger partial charge in [-0.3, -0.25) is 0 Å². The highest BCUT2D eigenvalue weighted by Gasteiger charge is 2.12. The lowest BCUT2D eigenvalue weighted by atomic mass is 10.1. The van der Waals surface area contributed by atoms with Crippen LogP contribution in [0, 0.1) is 0 Å². The fourth-order valence-corrected chi connectivity index (χ4v) is 1.65. The number of nitrogens with one attached hydrogen (secondary N) is 1. The quantitative estimate of drug-likeness (QED) is 0.723. The predicted octanol–water partition coefficient (Wildman–Crippen LogP) is 1.25. The van der Waals surface area contributed by atoms with Crippen LogP contribution in [0.15, 0.2) is 18.7 Å². The summed E-state index contributed by atoms with van der Waals surface area (Å²) in [6, 6.07) is 3.92. The van der Waals surface area contributed by atoms with Crippen molar-refractivity contribution in [2.75, 3.05) is 20.2 Å². The number of fused-ring (bicyclic) bond motifs is 1. The van der Waals surface area contributed by atoms with Crippen LogP contribution in [0.5, 0.6) is 5.88 Å². The van der Waals surface area contributed by atoms with Gasteiger partial charge in [-0.05, 0) is 11.6 Å². The number of methoxy groups -OCH3 is 1. The molecule has 3 nitrogen and oxygen atoms in total. The van der Waals surface area contributed by atoms with Crippen molar-refractivity contribution in [1.82, 2.24) is 10.3 Å². The second-order valence-electron chi connectivity index (χ2n) is 3.38. The maximum absolute atomic E-state index is 5.10. The SMILES string of the molecule is C=C1CNCCc2nc(OC)ccc21. The topological polar surface area (TPSA) is 34.2 Å². The van der Waals surface area contributed by atoms with Gasteiger partial charge in [0.15, 0.2) is 0 Å². The molecule has 0 radical (unpaired) electrons. The van der Waals surface area contributed by atoms with E-state index in [-0.39, 0.29) is 0 Å². The summed E-state index contributed by atoms with van der Waals surface area (Å²) in [5, 5.41) is 3.30. The first-order valence-electron chi connectivity index (χ1n) is 4.74. The Morgan fingerprint density at radius 1 is 1.50 bits per heavy atom. The molecule has 0 aromatic carbocycles. The lowest BCUT2D eigenvalue weighted by Gasteiger charge is -2.07. The van der Waals surface area contributed by atoms with Gasteiger partial charge in [0, 0.05) is 31.1 Å². The van der Waals surface area contributed by atoms with Crippen LogP contribution in [-0.4, -0.2) is 25.2 Å². The summed E-state index contributed by atoms with van der Waals surface area (Å²) in [6.45, 7) is 5.83. The smallest absolute Gasteiger partial charge is 0.213 e. The second kappa shape index (κ2) is 3.80. The first kappa shape index (κ1) is 9.21. The van der Waals surface area contributed by atoms with E-state index in [1.807, 2.05) is 12.1 Å². The summed E-state index contributed by atoms with van der Waals surface area (Å²) >= 11 is 0. The number of aromatic nitrogens is 1. The maximum atomic E-state index is 5.10. The van der Waals surface area contributed by atoms with Crippen molar-refractivity contribution in [3.8, 4) is 5.88 Å². The second-order valence-corrected chi connectivity index (χ2v) is 3.38. The largest absolute Gasteiger partial charge is 0.481 e. The summed E-state index contributed by atoms with van der Waals surface area (Å²) in [6.07, 6.45) is 0.936. The van der Waals surface area contributed by atoms with Crippen molar-refractivity contribution in [1.29, 1.82) is 0 Å². The monoisotopic (exact) mass is 190 g/mol. The molecule has 0 bridgehead atoms. The van der Waals surface area contributed by atoms with Gasteiger partial charge in [-0.15, -0.1) is 0 Å². The molecule has 0 saturated heterocycles. The van der Waals surface area contributed by atoms with E-state index in [1.165, 1.54) is 0 Å². The van der Waals surface area contributed by atoms with Gasteiger partial charge < -0.3 is 10.1 Å². The van der Waals surface area contributed by atoms with E-state index >= 15 is 0 Å². The zero-order valence-corrected chi connectivity index (χ0v) is 8.34. The van der Waals surface area contributed by atoms with E-state index in [9.17, 15) is 0 Å². The molecule has 1 aliphatic rings. The molecule has 0 atom stereocenters. The normalized spacial score (nSPS) is 15.9. The third-order valence-corrected chi connectivity index (χ3v) is 2.42. The molecule has 1 aromatic rings. The first-order valence-corrected chi connectivity index (χ1v) is 4.74. The van der Waals surface area contributed by atoms with Crippen molar-refractivity contribution >= 4 is 5.57 Å². The molecule has 14 heavy (non-hydrogen) atoms. The molecule has 2 heterocycles. The standard InChI is InChI=1S/C11H14N2O/c1-8-7-12-6-5-10-9(8)3-4-11(13-10)14-2/h3-4,12H,1,5-7H2,2H3. The minimum absolute atomic E-state index is 0.679. The van der Waals surface area contributed by atoms with E-state index in [0.717, 1.165) is 36.3 Å². The predicted molar refractivity (Wildman–Crippen MR) is 56.4 cm³/mol. The Morgan fingerprint density at radius 2 is 2.36 bits per heavy atom. The van der Waals surface area contributed by atoms with Gasteiger partial charge in [-0.25, -0.2) is 4.98 Å². The maximum Gasteiger partial charge on any atom is 0.213 e. The lowest BCUT2D eigenvalue weighted by Crippen LogP contribution is -2.15. The Hall–Kier alpha value is -1.35. The van der Waals surface area contributed by atoms with Crippen molar-refractivity contribution in [2.24, 2.45) is 0 Å². The van der Waals surface area contributed by atoms with Crippen LogP contribution in [0.2, 0.25) is 0 Å². The van der Waals surface area contributed by atoms with Crippen molar-refractivity contribution in [3.05, 3.63) is 30.0 Å². The molecular formula is C11H14N2O. The molecule has 74 valence electrons. The van der Waals surface area contributed by atoms with Crippen LogP contribution >= 0.6 is 0 Å². The van der Waals surface area contributed by atoms with Gasteiger partial charge in [0.2, 0.25) is 5.88 Å². The van der Waals surface area contributed by atoms with Crippen LogP contribution in [0.3, 0.4) is 0 Å². The van der Waals surface area contributed by atoms with E-state index in [4.69, 9.17) is 4.74 Å². The molecule has 1 N–H and O–H groups in total. The molecule has 0 unspecified atom stereocenters. The van der Waals surface area contributed by atoms with Crippen molar-refractivity contribution < 1.29 is 4.74 Å². The van der Waals surface area contributed by atoms with Gasteiger partial charge in [-0.2, -0.15) is 0 Å². The molecule has 0 fully saturated rings. The average molecular weight is 190 g/mol. The van der Waals surface area contributed by atoms with Crippen LogP contribution in [0.4, 0.5) is 0 Å². The highest BCUT2D eigenvalue weighted by atomic mass is 16.5. The molecule has 0 saturated carbocycles. The number of ether oxygens (including phenoxy) is 1. The molecule has 2 rings (SSSR count). The fourth-order valence-electron chi connectivity index (χ4n) is 1.65. The summed E-state index contributed by atoms with van der Waals surface area (Å²) in [5.41, 5.74) is 3.35.